The van der Waals surface area contributed by atoms with E-state index in [1.54, 1.807) is 19.1 Å². The van der Waals surface area contributed by atoms with Crippen LogP contribution in [0.2, 0.25) is 5.02 Å². The first kappa shape index (κ1) is 21.1. The number of nitrogens with one attached hydrogen (secondary N) is 2. The quantitative estimate of drug-likeness (QED) is 0.701. The van der Waals surface area contributed by atoms with Crippen molar-refractivity contribution in [2.45, 2.75) is 26.0 Å². The average Bonchev–Trinajstić information content (AvgIpc) is 2.64. The van der Waals surface area contributed by atoms with E-state index in [4.69, 9.17) is 16.3 Å². The first-order valence-corrected chi connectivity index (χ1v) is 9.86. The van der Waals surface area contributed by atoms with Crippen molar-refractivity contribution in [2.75, 3.05) is 23.5 Å². The van der Waals surface area contributed by atoms with Crippen LogP contribution >= 0.6 is 23.4 Å². The Morgan fingerprint density at radius 1 is 1.15 bits per heavy atom. The third-order valence-corrected chi connectivity index (χ3v) is 5.46. The molecular formula is C20H23ClN2O3S. The second-order valence-corrected chi connectivity index (χ2v) is 7.89. The van der Waals surface area contributed by atoms with E-state index in [-0.39, 0.29) is 22.8 Å². The van der Waals surface area contributed by atoms with Crippen molar-refractivity contribution in [1.29, 1.82) is 0 Å². The van der Waals surface area contributed by atoms with Crippen LogP contribution in [0, 0.1) is 13.8 Å². The van der Waals surface area contributed by atoms with Gasteiger partial charge in [0.15, 0.2) is 0 Å². The van der Waals surface area contributed by atoms with E-state index >= 15 is 0 Å². The number of ether oxygens (including phenoxy) is 1. The monoisotopic (exact) mass is 406 g/mol. The molecule has 1 unspecified atom stereocenters. The van der Waals surface area contributed by atoms with Gasteiger partial charge in [0.05, 0.1) is 23.8 Å². The number of anilines is 2. The maximum atomic E-state index is 12.3. The van der Waals surface area contributed by atoms with Crippen molar-refractivity contribution in [1.82, 2.24) is 0 Å². The van der Waals surface area contributed by atoms with Crippen molar-refractivity contribution in [2.24, 2.45) is 0 Å². The molecule has 144 valence electrons. The van der Waals surface area contributed by atoms with E-state index in [2.05, 4.69) is 10.6 Å². The minimum atomic E-state index is -0.370. The predicted molar refractivity (Wildman–Crippen MR) is 113 cm³/mol. The lowest BCUT2D eigenvalue weighted by atomic mass is 10.2. The molecule has 0 bridgehead atoms. The molecular weight excluding hydrogens is 384 g/mol. The van der Waals surface area contributed by atoms with E-state index in [9.17, 15) is 9.59 Å². The Bertz CT molecular complexity index is 825. The lowest BCUT2D eigenvalue weighted by Crippen LogP contribution is -2.25. The summed E-state index contributed by atoms with van der Waals surface area (Å²) in [6.45, 7) is 5.61. The van der Waals surface area contributed by atoms with Gasteiger partial charge < -0.3 is 15.4 Å². The highest BCUT2D eigenvalue weighted by atomic mass is 35.5. The highest BCUT2D eigenvalue weighted by Gasteiger charge is 2.16. The summed E-state index contributed by atoms with van der Waals surface area (Å²) in [5, 5.41) is 5.85. The van der Waals surface area contributed by atoms with Gasteiger partial charge in [0.2, 0.25) is 11.8 Å². The zero-order valence-corrected chi connectivity index (χ0v) is 17.3. The van der Waals surface area contributed by atoms with E-state index in [1.807, 2.05) is 38.1 Å². The molecule has 2 rings (SSSR count). The van der Waals surface area contributed by atoms with Crippen molar-refractivity contribution >= 4 is 46.6 Å². The molecule has 2 aromatic rings. The van der Waals surface area contributed by atoms with Crippen LogP contribution in [0.4, 0.5) is 11.4 Å². The third kappa shape index (κ3) is 6.19. The number of rotatable bonds is 7. The smallest absolute Gasteiger partial charge is 0.237 e. The van der Waals surface area contributed by atoms with Gasteiger partial charge in [-0.15, -0.1) is 11.8 Å². The van der Waals surface area contributed by atoms with Gasteiger partial charge in [-0.25, -0.2) is 0 Å². The fourth-order valence-corrected chi connectivity index (χ4v) is 3.11. The Morgan fingerprint density at radius 2 is 1.81 bits per heavy atom. The summed E-state index contributed by atoms with van der Waals surface area (Å²) in [6, 6.07) is 11.0. The number of methoxy groups -OCH3 is 1. The van der Waals surface area contributed by atoms with Gasteiger partial charge in [0, 0.05) is 16.8 Å². The van der Waals surface area contributed by atoms with Crippen LogP contribution in [0.3, 0.4) is 0 Å². The Morgan fingerprint density at radius 3 is 2.44 bits per heavy atom. The molecule has 0 fully saturated rings. The molecule has 27 heavy (non-hydrogen) atoms. The average molecular weight is 407 g/mol. The first-order chi connectivity index (χ1) is 12.8. The van der Waals surface area contributed by atoms with Gasteiger partial charge in [-0.05, 0) is 44.5 Å². The number of thioether (sulfide) groups is 1. The van der Waals surface area contributed by atoms with Crippen molar-refractivity contribution < 1.29 is 14.3 Å². The minimum absolute atomic E-state index is 0.142. The normalized spacial score (nSPS) is 11.6. The highest BCUT2D eigenvalue weighted by Crippen LogP contribution is 2.31. The first-order valence-electron chi connectivity index (χ1n) is 8.43. The number of carbonyl (C=O) groups excluding carboxylic acids is 2. The standard InChI is InChI=1S/C20H23ClN2O3S/c1-12-5-7-15(8-6-12)22-20(25)14(3)27-11-19(24)23-17-9-13(2)16(21)10-18(17)26-4/h5-10,14H,11H2,1-4H3,(H,22,25)(H,23,24). The molecule has 0 saturated heterocycles. The second kappa shape index (κ2) is 9.67. The number of amides is 2. The summed E-state index contributed by atoms with van der Waals surface area (Å²) in [7, 11) is 1.52. The van der Waals surface area contributed by atoms with Crippen LogP contribution in [0.15, 0.2) is 36.4 Å². The zero-order valence-electron chi connectivity index (χ0n) is 15.8. The summed E-state index contributed by atoms with van der Waals surface area (Å²) >= 11 is 7.34. The van der Waals surface area contributed by atoms with Gasteiger partial charge in [0.25, 0.3) is 0 Å². The number of hydrogen-bond donors (Lipinski definition) is 2. The Labute approximate surface area is 168 Å². The van der Waals surface area contributed by atoms with Crippen LogP contribution in [0.25, 0.3) is 0 Å². The topological polar surface area (TPSA) is 67.4 Å². The number of aryl methyl sites for hydroxylation is 2. The van der Waals surface area contributed by atoms with Gasteiger partial charge in [-0.2, -0.15) is 0 Å². The fourth-order valence-electron chi connectivity index (χ4n) is 2.27. The molecule has 2 aromatic carbocycles. The summed E-state index contributed by atoms with van der Waals surface area (Å²) in [5.41, 5.74) is 3.26. The molecule has 0 spiro atoms. The molecule has 0 saturated carbocycles. The van der Waals surface area contributed by atoms with Crippen molar-refractivity contribution in [3.05, 3.63) is 52.5 Å². The number of carbonyl (C=O) groups is 2. The lowest BCUT2D eigenvalue weighted by molar-refractivity contribution is -0.115. The molecule has 0 aromatic heterocycles. The molecule has 5 nitrogen and oxygen atoms in total. The van der Waals surface area contributed by atoms with Gasteiger partial charge in [0.1, 0.15) is 5.75 Å². The van der Waals surface area contributed by atoms with Gasteiger partial charge in [-0.3, -0.25) is 9.59 Å². The lowest BCUT2D eigenvalue weighted by Gasteiger charge is -2.14. The molecule has 0 aliphatic heterocycles. The van der Waals surface area contributed by atoms with Crippen LogP contribution < -0.4 is 15.4 Å². The SMILES string of the molecule is COc1cc(Cl)c(C)cc1NC(=O)CSC(C)C(=O)Nc1ccc(C)cc1. The molecule has 0 aliphatic rings. The molecule has 0 radical (unpaired) electrons. The Balaban J connectivity index is 1.88. The van der Waals surface area contributed by atoms with E-state index < -0.39 is 0 Å². The van der Waals surface area contributed by atoms with Crippen LogP contribution in [-0.4, -0.2) is 29.9 Å². The Kier molecular flexibility index (Phi) is 7.56. The maximum absolute atomic E-state index is 12.3. The summed E-state index contributed by atoms with van der Waals surface area (Å²) in [5.74, 6) is 0.286. The largest absolute Gasteiger partial charge is 0.495 e. The summed E-state index contributed by atoms with van der Waals surface area (Å²) in [4.78, 5) is 24.5. The molecule has 7 heteroatoms. The summed E-state index contributed by atoms with van der Waals surface area (Å²) in [6.07, 6.45) is 0. The van der Waals surface area contributed by atoms with Crippen LogP contribution in [0.5, 0.6) is 5.75 Å². The molecule has 0 heterocycles. The number of halogens is 1. The second-order valence-electron chi connectivity index (χ2n) is 6.16. The van der Waals surface area contributed by atoms with Crippen molar-refractivity contribution in [3.8, 4) is 5.75 Å². The summed E-state index contributed by atoms with van der Waals surface area (Å²) < 4.78 is 5.25. The zero-order chi connectivity index (χ0) is 20.0. The molecule has 1 atom stereocenters. The Hall–Kier alpha value is -2.18. The highest BCUT2D eigenvalue weighted by molar-refractivity contribution is 8.01. The van der Waals surface area contributed by atoms with E-state index in [0.29, 0.717) is 16.5 Å². The maximum Gasteiger partial charge on any atom is 0.237 e. The van der Waals surface area contributed by atoms with Crippen LogP contribution in [0.1, 0.15) is 18.1 Å². The predicted octanol–water partition coefficient (Wildman–Crippen LogP) is 4.66. The molecule has 2 amide bonds. The fraction of sp³-hybridized carbons (Fsp3) is 0.300. The van der Waals surface area contributed by atoms with E-state index in [0.717, 1.165) is 16.8 Å². The van der Waals surface area contributed by atoms with E-state index in [1.165, 1.54) is 18.9 Å². The van der Waals surface area contributed by atoms with Crippen LogP contribution in [-0.2, 0) is 9.59 Å². The van der Waals surface area contributed by atoms with Gasteiger partial charge in [-0.1, -0.05) is 29.3 Å². The van der Waals surface area contributed by atoms with Gasteiger partial charge >= 0.3 is 0 Å². The number of benzene rings is 2. The third-order valence-electron chi connectivity index (χ3n) is 3.91. The van der Waals surface area contributed by atoms with Crippen molar-refractivity contribution in [3.63, 3.8) is 0 Å². The number of hydrogen-bond acceptors (Lipinski definition) is 4. The minimum Gasteiger partial charge on any atom is -0.495 e. The molecule has 2 N–H and O–H groups in total. The molecule has 0 aliphatic carbocycles.